The minimum Gasteiger partial charge on any atom is -0.357 e. The SMILES string of the molecule is CCNC(=NCc1c(CC)nn(C)c1CC)NC1CC1. The number of hydrogen-bond donors (Lipinski definition) is 2. The van der Waals surface area contributed by atoms with Crippen molar-refractivity contribution in [1.29, 1.82) is 0 Å². The van der Waals surface area contributed by atoms with E-state index in [9.17, 15) is 0 Å². The molecule has 0 saturated heterocycles. The molecule has 5 nitrogen and oxygen atoms in total. The molecule has 1 aliphatic rings. The van der Waals surface area contributed by atoms with Gasteiger partial charge in [-0.3, -0.25) is 4.68 Å². The molecule has 0 aliphatic heterocycles. The predicted molar refractivity (Wildman–Crippen MR) is 82.9 cm³/mol. The van der Waals surface area contributed by atoms with Crippen molar-refractivity contribution in [2.24, 2.45) is 12.0 Å². The van der Waals surface area contributed by atoms with Gasteiger partial charge in [-0.2, -0.15) is 5.10 Å². The summed E-state index contributed by atoms with van der Waals surface area (Å²) in [6, 6.07) is 0.623. The zero-order valence-electron chi connectivity index (χ0n) is 13.2. The molecule has 5 heteroatoms. The van der Waals surface area contributed by atoms with Crippen LogP contribution in [0.2, 0.25) is 0 Å². The first-order chi connectivity index (χ1) is 9.69. The molecular formula is C15H27N5. The van der Waals surface area contributed by atoms with Gasteiger partial charge in [-0.05, 0) is 32.6 Å². The lowest BCUT2D eigenvalue weighted by atomic mass is 10.1. The van der Waals surface area contributed by atoms with Gasteiger partial charge in [0, 0.05) is 30.9 Å². The van der Waals surface area contributed by atoms with Crippen molar-refractivity contribution in [3.8, 4) is 0 Å². The summed E-state index contributed by atoms with van der Waals surface area (Å²) in [7, 11) is 2.03. The van der Waals surface area contributed by atoms with Gasteiger partial charge < -0.3 is 10.6 Å². The first-order valence-electron chi connectivity index (χ1n) is 7.77. The highest BCUT2D eigenvalue weighted by Crippen LogP contribution is 2.19. The van der Waals surface area contributed by atoms with Crippen LogP contribution in [-0.4, -0.2) is 28.3 Å². The molecule has 1 aliphatic carbocycles. The third-order valence-electron chi connectivity index (χ3n) is 3.69. The van der Waals surface area contributed by atoms with Crippen LogP contribution in [0.25, 0.3) is 0 Å². The van der Waals surface area contributed by atoms with Gasteiger partial charge in [0.15, 0.2) is 5.96 Å². The number of aromatic nitrogens is 2. The van der Waals surface area contributed by atoms with E-state index >= 15 is 0 Å². The van der Waals surface area contributed by atoms with Crippen LogP contribution in [0.1, 0.15) is 50.6 Å². The Balaban J connectivity index is 2.13. The van der Waals surface area contributed by atoms with Gasteiger partial charge in [0.05, 0.1) is 12.2 Å². The van der Waals surface area contributed by atoms with Crippen LogP contribution in [0.5, 0.6) is 0 Å². The second kappa shape index (κ2) is 6.77. The van der Waals surface area contributed by atoms with Crippen molar-refractivity contribution in [2.45, 2.75) is 59.0 Å². The molecule has 20 heavy (non-hydrogen) atoms. The fraction of sp³-hybridized carbons (Fsp3) is 0.733. The summed E-state index contributed by atoms with van der Waals surface area (Å²) < 4.78 is 2.00. The number of aryl methyl sites for hydroxylation is 2. The van der Waals surface area contributed by atoms with Crippen molar-refractivity contribution >= 4 is 5.96 Å². The molecular weight excluding hydrogens is 250 g/mol. The van der Waals surface area contributed by atoms with Gasteiger partial charge in [-0.1, -0.05) is 13.8 Å². The van der Waals surface area contributed by atoms with E-state index in [0.29, 0.717) is 12.6 Å². The number of guanidine groups is 1. The molecule has 0 spiro atoms. The fourth-order valence-corrected chi connectivity index (χ4v) is 2.47. The third-order valence-corrected chi connectivity index (χ3v) is 3.69. The molecule has 1 heterocycles. The molecule has 0 aromatic carbocycles. The first kappa shape index (κ1) is 14.9. The van der Waals surface area contributed by atoms with Crippen molar-refractivity contribution < 1.29 is 0 Å². The lowest BCUT2D eigenvalue weighted by Crippen LogP contribution is -2.38. The Morgan fingerprint density at radius 3 is 2.60 bits per heavy atom. The number of nitrogens with zero attached hydrogens (tertiary/aromatic N) is 3. The molecule has 0 unspecified atom stereocenters. The standard InChI is InChI=1S/C15H27N5/c1-5-13-12(14(6-2)20(4)19-13)10-17-15(16-7-3)18-11-8-9-11/h11H,5-10H2,1-4H3,(H2,16,17,18). The van der Waals surface area contributed by atoms with Crippen LogP contribution < -0.4 is 10.6 Å². The van der Waals surface area contributed by atoms with Gasteiger partial charge in [0.2, 0.25) is 0 Å². The normalized spacial score (nSPS) is 15.5. The van der Waals surface area contributed by atoms with Crippen LogP contribution in [-0.2, 0) is 26.4 Å². The fourth-order valence-electron chi connectivity index (χ4n) is 2.47. The Morgan fingerprint density at radius 2 is 2.05 bits per heavy atom. The van der Waals surface area contributed by atoms with Crippen molar-refractivity contribution in [2.75, 3.05) is 6.54 Å². The summed E-state index contributed by atoms with van der Waals surface area (Å²) in [5, 5.41) is 11.4. The van der Waals surface area contributed by atoms with Crippen molar-refractivity contribution in [3.63, 3.8) is 0 Å². The maximum Gasteiger partial charge on any atom is 0.191 e. The number of aliphatic imine (C=N–C) groups is 1. The van der Waals surface area contributed by atoms with Gasteiger partial charge in [0.25, 0.3) is 0 Å². The quantitative estimate of drug-likeness (QED) is 0.615. The Bertz CT molecular complexity index is 471. The van der Waals surface area contributed by atoms with Crippen molar-refractivity contribution in [1.82, 2.24) is 20.4 Å². The zero-order valence-corrected chi connectivity index (χ0v) is 13.2. The second-order valence-corrected chi connectivity index (χ2v) is 5.32. The Kier molecular flexibility index (Phi) is 5.04. The average molecular weight is 277 g/mol. The summed E-state index contributed by atoms with van der Waals surface area (Å²) in [5.41, 5.74) is 3.77. The van der Waals surface area contributed by atoms with E-state index in [0.717, 1.165) is 25.3 Å². The van der Waals surface area contributed by atoms with E-state index in [4.69, 9.17) is 4.99 Å². The molecule has 0 bridgehead atoms. The molecule has 2 N–H and O–H groups in total. The predicted octanol–water partition coefficient (Wildman–Crippen LogP) is 1.76. The van der Waals surface area contributed by atoms with Gasteiger partial charge in [-0.25, -0.2) is 4.99 Å². The second-order valence-electron chi connectivity index (χ2n) is 5.32. The minimum absolute atomic E-state index is 0.623. The topological polar surface area (TPSA) is 54.2 Å². The van der Waals surface area contributed by atoms with E-state index in [1.165, 1.54) is 29.8 Å². The molecule has 0 radical (unpaired) electrons. The van der Waals surface area contributed by atoms with Crippen LogP contribution in [0, 0.1) is 0 Å². The van der Waals surface area contributed by atoms with Crippen molar-refractivity contribution in [3.05, 3.63) is 17.0 Å². The molecule has 112 valence electrons. The van der Waals surface area contributed by atoms with E-state index in [2.05, 4.69) is 36.5 Å². The molecule has 1 fully saturated rings. The summed E-state index contributed by atoms with van der Waals surface area (Å²) in [5.74, 6) is 0.933. The Labute approximate surface area is 121 Å². The molecule has 1 aromatic rings. The summed E-state index contributed by atoms with van der Waals surface area (Å²) in [4.78, 5) is 4.74. The van der Waals surface area contributed by atoms with E-state index in [-0.39, 0.29) is 0 Å². The molecule has 0 atom stereocenters. The smallest absolute Gasteiger partial charge is 0.191 e. The van der Waals surface area contributed by atoms with E-state index < -0.39 is 0 Å². The van der Waals surface area contributed by atoms with Crippen LogP contribution in [0.15, 0.2) is 4.99 Å². The first-order valence-corrected chi connectivity index (χ1v) is 7.77. The number of nitrogens with one attached hydrogen (secondary N) is 2. The maximum absolute atomic E-state index is 4.74. The summed E-state index contributed by atoms with van der Waals surface area (Å²) in [6.45, 7) is 8.04. The van der Waals surface area contributed by atoms with Crippen LogP contribution in [0.3, 0.4) is 0 Å². The lowest BCUT2D eigenvalue weighted by Gasteiger charge is -2.10. The van der Waals surface area contributed by atoms with Gasteiger partial charge in [-0.15, -0.1) is 0 Å². The summed E-state index contributed by atoms with van der Waals surface area (Å²) >= 11 is 0. The highest BCUT2D eigenvalue weighted by Gasteiger charge is 2.22. The third kappa shape index (κ3) is 3.52. The zero-order chi connectivity index (χ0) is 14.5. The van der Waals surface area contributed by atoms with Crippen LogP contribution in [0.4, 0.5) is 0 Å². The molecule has 1 saturated carbocycles. The minimum atomic E-state index is 0.623. The van der Waals surface area contributed by atoms with E-state index in [1.807, 2.05) is 11.7 Å². The monoisotopic (exact) mass is 277 g/mol. The molecule has 1 aromatic heterocycles. The average Bonchev–Trinajstić information content (AvgIpc) is 3.19. The van der Waals surface area contributed by atoms with Gasteiger partial charge in [0.1, 0.15) is 0 Å². The largest absolute Gasteiger partial charge is 0.357 e. The Morgan fingerprint density at radius 1 is 1.30 bits per heavy atom. The van der Waals surface area contributed by atoms with E-state index in [1.54, 1.807) is 0 Å². The molecule has 2 rings (SSSR count). The number of rotatable bonds is 6. The van der Waals surface area contributed by atoms with Gasteiger partial charge >= 0.3 is 0 Å². The molecule has 0 amide bonds. The number of hydrogen-bond acceptors (Lipinski definition) is 2. The lowest BCUT2D eigenvalue weighted by molar-refractivity contribution is 0.703. The highest BCUT2D eigenvalue weighted by atomic mass is 15.3. The maximum atomic E-state index is 4.74. The Hall–Kier alpha value is -1.52. The van der Waals surface area contributed by atoms with Crippen LogP contribution >= 0.6 is 0 Å². The highest BCUT2D eigenvalue weighted by molar-refractivity contribution is 5.80. The summed E-state index contributed by atoms with van der Waals surface area (Å²) in [6.07, 6.45) is 4.49.